The first-order valence-corrected chi connectivity index (χ1v) is 6.70. The molecule has 1 aromatic heterocycles. The molecule has 0 aliphatic heterocycles. The summed E-state index contributed by atoms with van der Waals surface area (Å²) in [5, 5.41) is 4.02. The maximum absolute atomic E-state index is 6.07. The molecule has 1 aliphatic rings. The molecule has 4 heteroatoms. The second kappa shape index (κ2) is 4.81. The highest BCUT2D eigenvalue weighted by Crippen LogP contribution is 2.51. The fraction of sp³-hybridized carbons (Fsp3) is 0.692. The van der Waals surface area contributed by atoms with Gasteiger partial charge in [0.2, 0.25) is 0 Å². The van der Waals surface area contributed by atoms with Crippen LogP contribution in [0.25, 0.3) is 0 Å². The third kappa shape index (κ3) is 2.54. The molecule has 2 rings (SSSR count). The summed E-state index contributed by atoms with van der Waals surface area (Å²) in [5.41, 5.74) is 1.50. The van der Waals surface area contributed by atoms with Crippen molar-refractivity contribution in [1.29, 1.82) is 0 Å². The summed E-state index contributed by atoms with van der Waals surface area (Å²) in [4.78, 5) is 8.31. The molecule has 0 saturated heterocycles. The maximum atomic E-state index is 6.07. The summed E-state index contributed by atoms with van der Waals surface area (Å²) < 4.78 is 0. The molecule has 1 fully saturated rings. The third-order valence-corrected chi connectivity index (χ3v) is 4.30. The summed E-state index contributed by atoms with van der Waals surface area (Å²) in [5.74, 6) is 1.62. The molecule has 1 aromatic rings. The average molecular weight is 254 g/mol. The number of rotatable bonds is 5. The molecule has 0 bridgehead atoms. The Bertz CT molecular complexity index is 400. The van der Waals surface area contributed by atoms with E-state index in [1.807, 2.05) is 0 Å². The highest BCUT2D eigenvalue weighted by atomic mass is 35.5. The lowest BCUT2D eigenvalue weighted by atomic mass is 9.92. The minimum Gasteiger partial charge on any atom is -0.369 e. The van der Waals surface area contributed by atoms with Crippen LogP contribution in [0.3, 0.4) is 0 Å². The Hall–Kier alpha value is -0.830. The van der Waals surface area contributed by atoms with E-state index in [9.17, 15) is 0 Å². The van der Waals surface area contributed by atoms with E-state index in [-0.39, 0.29) is 0 Å². The highest BCUT2D eigenvalue weighted by molar-refractivity contribution is 6.30. The second-order valence-corrected chi connectivity index (χ2v) is 5.57. The standard InChI is InChI=1S/C13H20ClN3/c1-4-10-11(14)16-8-17-12(10)15-7-13(5-6-13)9(2)3/h8-9H,4-7H2,1-3H3,(H,15,16,17). The van der Waals surface area contributed by atoms with Gasteiger partial charge in [-0.2, -0.15) is 0 Å². The predicted octanol–water partition coefficient (Wildman–Crippen LogP) is 3.54. The maximum Gasteiger partial charge on any atom is 0.137 e. The first kappa shape index (κ1) is 12.6. The van der Waals surface area contributed by atoms with E-state index in [2.05, 4.69) is 36.1 Å². The molecule has 94 valence electrons. The smallest absolute Gasteiger partial charge is 0.137 e. The topological polar surface area (TPSA) is 37.8 Å². The average Bonchev–Trinajstić information content (AvgIpc) is 3.07. The molecule has 17 heavy (non-hydrogen) atoms. The SMILES string of the molecule is CCc1c(Cl)ncnc1NCC1(C(C)C)CC1. The van der Waals surface area contributed by atoms with Gasteiger partial charge in [0.15, 0.2) is 0 Å². The summed E-state index contributed by atoms with van der Waals surface area (Å²) >= 11 is 6.07. The van der Waals surface area contributed by atoms with Crippen LogP contribution in [0.5, 0.6) is 0 Å². The molecule has 0 amide bonds. The molecule has 1 heterocycles. The van der Waals surface area contributed by atoms with Gasteiger partial charge in [0, 0.05) is 12.1 Å². The molecule has 0 aromatic carbocycles. The fourth-order valence-electron chi connectivity index (χ4n) is 2.24. The number of hydrogen-bond acceptors (Lipinski definition) is 3. The number of nitrogens with one attached hydrogen (secondary N) is 1. The van der Waals surface area contributed by atoms with E-state index < -0.39 is 0 Å². The van der Waals surface area contributed by atoms with Crippen LogP contribution in [0, 0.1) is 11.3 Å². The van der Waals surface area contributed by atoms with Gasteiger partial charge < -0.3 is 5.32 Å². The molecule has 0 atom stereocenters. The Morgan fingerprint density at radius 2 is 2.12 bits per heavy atom. The Morgan fingerprint density at radius 1 is 1.41 bits per heavy atom. The van der Waals surface area contributed by atoms with Gasteiger partial charge in [0.1, 0.15) is 17.3 Å². The number of aromatic nitrogens is 2. The Labute approximate surface area is 108 Å². The van der Waals surface area contributed by atoms with E-state index in [0.29, 0.717) is 10.6 Å². The number of anilines is 1. The summed E-state index contributed by atoms with van der Waals surface area (Å²) in [6.45, 7) is 7.65. The molecular weight excluding hydrogens is 234 g/mol. The van der Waals surface area contributed by atoms with E-state index in [0.717, 1.165) is 30.3 Å². The minimum absolute atomic E-state index is 0.475. The van der Waals surface area contributed by atoms with Crippen molar-refractivity contribution in [1.82, 2.24) is 9.97 Å². The molecule has 0 unspecified atom stereocenters. The number of halogens is 1. The zero-order chi connectivity index (χ0) is 12.5. The summed E-state index contributed by atoms with van der Waals surface area (Å²) in [6, 6.07) is 0. The normalized spacial score (nSPS) is 17.2. The van der Waals surface area contributed by atoms with Gasteiger partial charge in [-0.25, -0.2) is 9.97 Å². The van der Waals surface area contributed by atoms with Gasteiger partial charge in [-0.1, -0.05) is 32.4 Å². The third-order valence-electron chi connectivity index (χ3n) is 3.97. The Kier molecular flexibility index (Phi) is 3.57. The zero-order valence-electron chi connectivity index (χ0n) is 10.8. The van der Waals surface area contributed by atoms with Crippen LogP contribution in [-0.4, -0.2) is 16.5 Å². The van der Waals surface area contributed by atoms with Crippen LogP contribution in [0.4, 0.5) is 5.82 Å². The fourth-order valence-corrected chi connectivity index (χ4v) is 2.50. The van der Waals surface area contributed by atoms with Crippen molar-refractivity contribution in [3.05, 3.63) is 17.0 Å². The van der Waals surface area contributed by atoms with Crippen LogP contribution < -0.4 is 5.32 Å². The molecule has 1 N–H and O–H groups in total. The van der Waals surface area contributed by atoms with Crippen molar-refractivity contribution in [2.45, 2.75) is 40.0 Å². The van der Waals surface area contributed by atoms with Crippen LogP contribution in [0.1, 0.15) is 39.2 Å². The van der Waals surface area contributed by atoms with Gasteiger partial charge in [0.05, 0.1) is 0 Å². The molecule has 0 spiro atoms. The van der Waals surface area contributed by atoms with Gasteiger partial charge in [0.25, 0.3) is 0 Å². The number of hydrogen-bond donors (Lipinski definition) is 1. The van der Waals surface area contributed by atoms with Crippen molar-refractivity contribution in [3.63, 3.8) is 0 Å². The van der Waals surface area contributed by atoms with Gasteiger partial charge in [-0.15, -0.1) is 0 Å². The van der Waals surface area contributed by atoms with Crippen molar-refractivity contribution < 1.29 is 0 Å². The highest BCUT2D eigenvalue weighted by Gasteiger charge is 2.45. The molecule has 3 nitrogen and oxygen atoms in total. The zero-order valence-corrected chi connectivity index (χ0v) is 11.5. The Balaban J connectivity index is 2.07. The first-order valence-electron chi connectivity index (χ1n) is 6.32. The molecular formula is C13H20ClN3. The Morgan fingerprint density at radius 3 is 2.65 bits per heavy atom. The lowest BCUT2D eigenvalue weighted by molar-refractivity contribution is 0.379. The predicted molar refractivity (Wildman–Crippen MR) is 71.4 cm³/mol. The number of nitrogens with zero attached hydrogens (tertiary/aromatic N) is 2. The largest absolute Gasteiger partial charge is 0.369 e. The van der Waals surface area contributed by atoms with E-state index in [1.165, 1.54) is 19.2 Å². The minimum atomic E-state index is 0.475. The molecule has 1 aliphatic carbocycles. The summed E-state index contributed by atoms with van der Waals surface area (Å²) in [6.07, 6.45) is 5.02. The van der Waals surface area contributed by atoms with E-state index in [4.69, 9.17) is 11.6 Å². The van der Waals surface area contributed by atoms with Crippen LogP contribution in [0.15, 0.2) is 6.33 Å². The summed E-state index contributed by atoms with van der Waals surface area (Å²) in [7, 11) is 0. The lowest BCUT2D eigenvalue weighted by Crippen LogP contribution is -2.22. The van der Waals surface area contributed by atoms with Gasteiger partial charge >= 0.3 is 0 Å². The quantitative estimate of drug-likeness (QED) is 0.816. The van der Waals surface area contributed by atoms with E-state index in [1.54, 1.807) is 0 Å². The van der Waals surface area contributed by atoms with Gasteiger partial charge in [-0.05, 0) is 30.6 Å². The van der Waals surface area contributed by atoms with Crippen LogP contribution in [-0.2, 0) is 6.42 Å². The molecule has 0 radical (unpaired) electrons. The monoisotopic (exact) mass is 253 g/mol. The van der Waals surface area contributed by atoms with Crippen molar-refractivity contribution >= 4 is 17.4 Å². The van der Waals surface area contributed by atoms with E-state index >= 15 is 0 Å². The van der Waals surface area contributed by atoms with Crippen molar-refractivity contribution in [2.75, 3.05) is 11.9 Å². The first-order chi connectivity index (χ1) is 8.09. The lowest BCUT2D eigenvalue weighted by Gasteiger charge is -2.21. The van der Waals surface area contributed by atoms with Crippen LogP contribution in [0.2, 0.25) is 5.15 Å². The second-order valence-electron chi connectivity index (χ2n) is 5.22. The van der Waals surface area contributed by atoms with Gasteiger partial charge in [-0.3, -0.25) is 0 Å². The van der Waals surface area contributed by atoms with Crippen molar-refractivity contribution in [2.24, 2.45) is 11.3 Å². The molecule has 1 saturated carbocycles. The van der Waals surface area contributed by atoms with Crippen molar-refractivity contribution in [3.8, 4) is 0 Å². The van der Waals surface area contributed by atoms with Crippen LogP contribution >= 0.6 is 11.6 Å².